The van der Waals surface area contributed by atoms with Crippen LogP contribution in [0.15, 0.2) is 24.3 Å². The zero-order chi connectivity index (χ0) is 18.9. The number of carboxylic acid groups (broad SMARTS) is 1. The smallest absolute Gasteiger partial charge is 0.306 e. The number of carbonyl (C=O) groups is 3. The highest BCUT2D eigenvalue weighted by atomic mass is 16.5. The Labute approximate surface area is 152 Å². The van der Waals surface area contributed by atoms with Gasteiger partial charge in [0, 0.05) is 26.1 Å². The molecular weight excluding hydrogens is 336 g/mol. The minimum atomic E-state index is -0.975. The molecule has 0 aliphatic carbocycles. The van der Waals surface area contributed by atoms with Gasteiger partial charge in [-0.15, -0.1) is 0 Å². The molecule has 2 amide bonds. The summed E-state index contributed by atoms with van der Waals surface area (Å²) < 4.78 is 5.78. The van der Waals surface area contributed by atoms with Crippen molar-refractivity contribution >= 4 is 23.5 Å². The number of aliphatic carboxylic acids is 1. The number of benzene rings is 1. The van der Waals surface area contributed by atoms with Crippen molar-refractivity contribution in [3.8, 4) is 5.75 Å². The minimum absolute atomic E-state index is 0.0524. The second kappa shape index (κ2) is 6.97. The Morgan fingerprint density at radius 3 is 2.54 bits per heavy atom. The van der Waals surface area contributed by atoms with Crippen LogP contribution in [-0.2, 0) is 14.4 Å². The Balaban J connectivity index is 1.65. The van der Waals surface area contributed by atoms with E-state index < -0.39 is 11.6 Å². The first-order chi connectivity index (χ1) is 12.3. The largest absolute Gasteiger partial charge is 0.481 e. The molecule has 0 bridgehead atoms. The summed E-state index contributed by atoms with van der Waals surface area (Å²) in [6, 6.07) is 7.31. The molecule has 7 nitrogen and oxygen atoms in total. The average Bonchev–Trinajstić information content (AvgIpc) is 2.61. The first-order valence-electron chi connectivity index (χ1n) is 8.90. The standard InChI is InChI=1S/C19H24N2O5/c1-19(2)18(25)21(14-5-3-4-6-15(14)26-19)12-9-16(22)20-10-7-13(8-11-20)17(23)24/h3-6,13H,7-12H2,1-2H3,(H,23,24). The van der Waals surface area contributed by atoms with Gasteiger partial charge in [0.15, 0.2) is 5.60 Å². The molecule has 3 rings (SSSR count). The van der Waals surface area contributed by atoms with Crippen LogP contribution in [-0.4, -0.2) is 53.0 Å². The molecule has 0 unspecified atom stereocenters. The Kier molecular flexibility index (Phi) is 4.89. The maximum atomic E-state index is 12.7. The Bertz CT molecular complexity index is 722. The van der Waals surface area contributed by atoms with Crippen LogP contribution in [0.25, 0.3) is 0 Å². The summed E-state index contributed by atoms with van der Waals surface area (Å²) in [6.45, 7) is 4.62. The van der Waals surface area contributed by atoms with Crippen molar-refractivity contribution in [2.45, 2.75) is 38.7 Å². The lowest BCUT2D eigenvalue weighted by Crippen LogP contribution is -2.53. The average molecular weight is 360 g/mol. The first kappa shape index (κ1) is 18.2. The fourth-order valence-electron chi connectivity index (χ4n) is 3.48. The van der Waals surface area contributed by atoms with Gasteiger partial charge in [-0.25, -0.2) is 0 Å². The van der Waals surface area contributed by atoms with Gasteiger partial charge in [0.05, 0.1) is 11.6 Å². The number of piperidine rings is 1. The number of ether oxygens (including phenoxy) is 1. The molecule has 0 spiro atoms. The van der Waals surface area contributed by atoms with Crippen molar-refractivity contribution in [3.63, 3.8) is 0 Å². The lowest BCUT2D eigenvalue weighted by Gasteiger charge is -2.39. The number of likely N-dealkylation sites (tertiary alicyclic amines) is 1. The van der Waals surface area contributed by atoms with Crippen LogP contribution in [0, 0.1) is 5.92 Å². The topological polar surface area (TPSA) is 87.2 Å². The van der Waals surface area contributed by atoms with E-state index in [4.69, 9.17) is 9.84 Å². The van der Waals surface area contributed by atoms with Gasteiger partial charge in [0.25, 0.3) is 5.91 Å². The van der Waals surface area contributed by atoms with Gasteiger partial charge in [-0.05, 0) is 38.8 Å². The predicted molar refractivity (Wildman–Crippen MR) is 95.1 cm³/mol. The second-order valence-corrected chi connectivity index (χ2v) is 7.28. The van der Waals surface area contributed by atoms with E-state index in [1.807, 2.05) is 24.3 Å². The first-order valence-corrected chi connectivity index (χ1v) is 8.90. The van der Waals surface area contributed by atoms with Gasteiger partial charge >= 0.3 is 5.97 Å². The SMILES string of the molecule is CC1(C)Oc2ccccc2N(CCC(=O)N2CCC(C(=O)O)CC2)C1=O. The quantitative estimate of drug-likeness (QED) is 0.886. The van der Waals surface area contributed by atoms with Crippen molar-refractivity contribution in [1.29, 1.82) is 0 Å². The number of hydrogen-bond acceptors (Lipinski definition) is 4. The minimum Gasteiger partial charge on any atom is -0.481 e. The maximum Gasteiger partial charge on any atom is 0.306 e. The Morgan fingerprint density at radius 1 is 1.23 bits per heavy atom. The summed E-state index contributed by atoms with van der Waals surface area (Å²) in [5.41, 5.74) is -0.300. The summed E-state index contributed by atoms with van der Waals surface area (Å²) in [6.07, 6.45) is 1.16. The highest BCUT2D eigenvalue weighted by Crippen LogP contribution is 2.37. The molecule has 0 saturated carbocycles. The summed E-state index contributed by atoms with van der Waals surface area (Å²) >= 11 is 0. The van der Waals surface area contributed by atoms with Gasteiger partial charge < -0.3 is 19.6 Å². The molecule has 2 heterocycles. The number of nitrogens with zero attached hydrogens (tertiary/aromatic N) is 2. The second-order valence-electron chi connectivity index (χ2n) is 7.28. The molecule has 140 valence electrons. The lowest BCUT2D eigenvalue weighted by molar-refractivity contribution is -0.145. The molecule has 7 heteroatoms. The molecule has 1 fully saturated rings. The molecule has 1 N–H and O–H groups in total. The van der Waals surface area contributed by atoms with E-state index in [0.717, 1.165) is 0 Å². The lowest BCUT2D eigenvalue weighted by atomic mass is 9.97. The molecule has 0 aromatic heterocycles. The number of para-hydroxylation sites is 2. The zero-order valence-corrected chi connectivity index (χ0v) is 15.1. The van der Waals surface area contributed by atoms with Crippen LogP contribution >= 0.6 is 0 Å². The van der Waals surface area contributed by atoms with E-state index >= 15 is 0 Å². The number of hydrogen-bond donors (Lipinski definition) is 1. The van der Waals surface area contributed by atoms with Gasteiger partial charge in [-0.3, -0.25) is 14.4 Å². The molecule has 2 aliphatic heterocycles. The third-order valence-corrected chi connectivity index (χ3v) is 5.03. The van der Waals surface area contributed by atoms with Crippen molar-refractivity contribution in [3.05, 3.63) is 24.3 Å². The molecule has 2 aliphatic rings. The van der Waals surface area contributed by atoms with E-state index in [2.05, 4.69) is 0 Å². The van der Waals surface area contributed by atoms with Crippen molar-refractivity contribution in [2.75, 3.05) is 24.5 Å². The van der Waals surface area contributed by atoms with Crippen molar-refractivity contribution in [2.24, 2.45) is 5.92 Å². The van der Waals surface area contributed by atoms with Gasteiger partial charge in [-0.1, -0.05) is 12.1 Å². The summed E-state index contributed by atoms with van der Waals surface area (Å²) in [4.78, 5) is 39.6. The molecule has 0 atom stereocenters. The highest BCUT2D eigenvalue weighted by molar-refractivity contribution is 6.02. The zero-order valence-electron chi connectivity index (χ0n) is 15.1. The number of anilines is 1. The number of fused-ring (bicyclic) bond motifs is 1. The fraction of sp³-hybridized carbons (Fsp3) is 0.526. The van der Waals surface area contributed by atoms with E-state index in [1.165, 1.54) is 0 Å². The monoisotopic (exact) mass is 360 g/mol. The molecule has 1 saturated heterocycles. The van der Waals surface area contributed by atoms with Crippen LogP contribution in [0.5, 0.6) is 5.75 Å². The van der Waals surface area contributed by atoms with Crippen molar-refractivity contribution in [1.82, 2.24) is 4.90 Å². The predicted octanol–water partition coefficient (Wildman–Crippen LogP) is 1.90. The molecule has 26 heavy (non-hydrogen) atoms. The Morgan fingerprint density at radius 2 is 1.88 bits per heavy atom. The van der Waals surface area contributed by atoms with E-state index in [9.17, 15) is 14.4 Å². The molecule has 0 radical (unpaired) electrons. The van der Waals surface area contributed by atoms with Crippen molar-refractivity contribution < 1.29 is 24.2 Å². The van der Waals surface area contributed by atoms with Crippen LogP contribution in [0.1, 0.15) is 33.1 Å². The van der Waals surface area contributed by atoms with Gasteiger partial charge in [0.2, 0.25) is 5.91 Å². The van der Waals surface area contributed by atoms with E-state index in [1.54, 1.807) is 23.6 Å². The Hall–Kier alpha value is -2.57. The van der Waals surface area contributed by atoms with Crippen LogP contribution in [0.2, 0.25) is 0 Å². The van der Waals surface area contributed by atoms with Crippen LogP contribution in [0.3, 0.4) is 0 Å². The van der Waals surface area contributed by atoms with Crippen LogP contribution < -0.4 is 9.64 Å². The summed E-state index contributed by atoms with van der Waals surface area (Å²) in [5.74, 6) is -0.758. The number of rotatable bonds is 4. The highest BCUT2D eigenvalue weighted by Gasteiger charge is 2.40. The third kappa shape index (κ3) is 3.52. The van der Waals surface area contributed by atoms with E-state index in [-0.39, 0.29) is 30.7 Å². The van der Waals surface area contributed by atoms with E-state index in [0.29, 0.717) is 37.4 Å². The summed E-state index contributed by atoms with van der Waals surface area (Å²) in [7, 11) is 0. The molecule has 1 aromatic carbocycles. The van der Waals surface area contributed by atoms with Gasteiger partial charge in [-0.2, -0.15) is 0 Å². The molecular formula is C19H24N2O5. The fourth-order valence-corrected chi connectivity index (χ4v) is 3.48. The third-order valence-electron chi connectivity index (χ3n) is 5.03. The number of carbonyl (C=O) groups excluding carboxylic acids is 2. The van der Waals surface area contributed by atoms with Crippen LogP contribution in [0.4, 0.5) is 5.69 Å². The van der Waals surface area contributed by atoms with Gasteiger partial charge in [0.1, 0.15) is 5.75 Å². The summed E-state index contributed by atoms with van der Waals surface area (Å²) in [5, 5.41) is 9.05. The number of amides is 2. The normalized spacial score (nSPS) is 19.7. The number of carboxylic acids is 1. The maximum absolute atomic E-state index is 12.7. The molecule has 1 aromatic rings.